The number of nitrogens with one attached hydrogen (secondary N) is 1. The maximum Gasteiger partial charge on any atom is 0.241 e. The maximum atomic E-state index is 12.7. The Kier molecular flexibility index (Phi) is 4.54. The van der Waals surface area contributed by atoms with Crippen molar-refractivity contribution in [2.75, 3.05) is 0 Å². The van der Waals surface area contributed by atoms with Crippen LogP contribution in [0.1, 0.15) is 56.3 Å². The number of hydrogen-bond donors (Lipinski definition) is 1. The van der Waals surface area contributed by atoms with E-state index in [-0.39, 0.29) is 11.5 Å². The quantitative estimate of drug-likeness (QED) is 0.878. The van der Waals surface area contributed by atoms with E-state index >= 15 is 0 Å². The average Bonchev–Trinajstić information content (AvgIpc) is 2.97. The third-order valence-electron chi connectivity index (χ3n) is 5.26. The molecule has 2 aromatic carbocycles. The van der Waals surface area contributed by atoms with Crippen LogP contribution in [0.15, 0.2) is 53.4 Å². The van der Waals surface area contributed by atoms with Gasteiger partial charge in [0.1, 0.15) is 0 Å². The van der Waals surface area contributed by atoms with Crippen LogP contribution in [-0.4, -0.2) is 8.42 Å². The fraction of sp³-hybridized carbons (Fsp3) is 0.400. The zero-order valence-corrected chi connectivity index (χ0v) is 15.4. The molecule has 0 spiro atoms. The molecule has 1 unspecified atom stereocenters. The smallest absolute Gasteiger partial charge is 0.207 e. The van der Waals surface area contributed by atoms with Crippen molar-refractivity contribution in [3.8, 4) is 0 Å². The highest BCUT2D eigenvalue weighted by atomic mass is 32.2. The minimum atomic E-state index is -3.51. The molecule has 1 atom stereocenters. The summed E-state index contributed by atoms with van der Waals surface area (Å²) in [4.78, 5) is 0.336. The van der Waals surface area contributed by atoms with Crippen molar-refractivity contribution < 1.29 is 8.42 Å². The van der Waals surface area contributed by atoms with Crippen molar-refractivity contribution in [3.63, 3.8) is 0 Å². The van der Waals surface area contributed by atoms with Crippen LogP contribution in [0.2, 0.25) is 0 Å². The van der Waals surface area contributed by atoms with Gasteiger partial charge in [0.25, 0.3) is 0 Å². The first kappa shape index (κ1) is 17.2. The van der Waals surface area contributed by atoms with Crippen LogP contribution in [0.5, 0.6) is 0 Å². The molecule has 0 saturated carbocycles. The minimum absolute atomic E-state index is 0.0557. The van der Waals surface area contributed by atoms with Gasteiger partial charge in [0.2, 0.25) is 10.0 Å². The Hall–Kier alpha value is -1.65. The van der Waals surface area contributed by atoms with Gasteiger partial charge in [0.05, 0.1) is 4.90 Å². The highest BCUT2D eigenvalue weighted by Crippen LogP contribution is 2.32. The van der Waals surface area contributed by atoms with E-state index in [1.807, 2.05) is 30.3 Å². The van der Waals surface area contributed by atoms with Gasteiger partial charge in [-0.15, -0.1) is 0 Å². The Morgan fingerprint density at radius 1 is 1.08 bits per heavy atom. The first-order valence-electron chi connectivity index (χ1n) is 8.54. The zero-order chi connectivity index (χ0) is 17.4. The zero-order valence-electron chi connectivity index (χ0n) is 14.5. The molecule has 1 N–H and O–H groups in total. The molecule has 0 heterocycles. The molecule has 3 nitrogen and oxygen atoms in total. The summed E-state index contributed by atoms with van der Waals surface area (Å²) in [7, 11) is -3.51. The van der Waals surface area contributed by atoms with Gasteiger partial charge in [-0.05, 0) is 53.5 Å². The van der Waals surface area contributed by atoms with Gasteiger partial charge in [-0.25, -0.2) is 13.1 Å². The maximum absolute atomic E-state index is 12.7. The van der Waals surface area contributed by atoms with E-state index in [0.29, 0.717) is 4.90 Å². The van der Waals surface area contributed by atoms with Crippen molar-refractivity contribution in [1.82, 2.24) is 4.72 Å². The van der Waals surface area contributed by atoms with E-state index in [9.17, 15) is 8.42 Å². The van der Waals surface area contributed by atoms with Gasteiger partial charge in [0.15, 0.2) is 0 Å². The molecule has 0 fully saturated rings. The number of rotatable bonds is 5. The minimum Gasteiger partial charge on any atom is -0.207 e. The number of sulfonamides is 1. The van der Waals surface area contributed by atoms with Gasteiger partial charge in [0, 0.05) is 6.04 Å². The highest BCUT2D eigenvalue weighted by Gasteiger charge is 2.27. The van der Waals surface area contributed by atoms with Crippen LogP contribution >= 0.6 is 0 Å². The van der Waals surface area contributed by atoms with Crippen molar-refractivity contribution in [2.24, 2.45) is 0 Å². The molecule has 3 rings (SSSR count). The molecule has 4 heteroatoms. The monoisotopic (exact) mass is 343 g/mol. The molecular weight excluding hydrogens is 318 g/mol. The van der Waals surface area contributed by atoms with Gasteiger partial charge in [-0.1, -0.05) is 57.2 Å². The average molecular weight is 343 g/mol. The summed E-state index contributed by atoms with van der Waals surface area (Å²) >= 11 is 0. The van der Waals surface area contributed by atoms with Crippen LogP contribution in [0.4, 0.5) is 0 Å². The van der Waals surface area contributed by atoms with Crippen LogP contribution in [0.3, 0.4) is 0 Å². The predicted molar refractivity (Wildman–Crippen MR) is 97.6 cm³/mol. The lowest BCUT2D eigenvalue weighted by Crippen LogP contribution is -2.27. The lowest BCUT2D eigenvalue weighted by atomic mass is 9.82. The van der Waals surface area contributed by atoms with Gasteiger partial charge in [-0.3, -0.25) is 0 Å². The molecule has 0 bridgehead atoms. The molecule has 1 aliphatic rings. The second-order valence-electron chi connectivity index (χ2n) is 7.17. The number of fused-ring (bicyclic) bond motifs is 1. The second kappa shape index (κ2) is 6.34. The summed E-state index contributed by atoms with van der Waals surface area (Å²) in [6.45, 7) is 6.48. The SMILES string of the molecule is CCC(C)(C)c1ccc(S(=O)(=O)NC2CCc3ccccc32)cc1. The van der Waals surface area contributed by atoms with Crippen LogP contribution < -0.4 is 4.72 Å². The first-order valence-corrected chi connectivity index (χ1v) is 10.0. The lowest BCUT2D eigenvalue weighted by Gasteiger charge is -2.23. The first-order chi connectivity index (χ1) is 11.3. The third kappa shape index (κ3) is 3.26. The standard InChI is InChI=1S/C20H25NO2S/c1-4-20(2,3)16-10-12-17(13-11-16)24(22,23)21-19-14-9-15-7-5-6-8-18(15)19/h5-8,10-13,19,21H,4,9,14H2,1-3H3. The molecule has 24 heavy (non-hydrogen) atoms. The summed E-state index contributed by atoms with van der Waals surface area (Å²) in [6.07, 6.45) is 2.75. The Labute approximate surface area is 145 Å². The van der Waals surface area contributed by atoms with E-state index in [2.05, 4.69) is 31.6 Å². The Morgan fingerprint density at radius 2 is 1.75 bits per heavy atom. The topological polar surface area (TPSA) is 46.2 Å². The summed E-state index contributed by atoms with van der Waals surface area (Å²) < 4.78 is 28.3. The summed E-state index contributed by atoms with van der Waals surface area (Å²) in [5.74, 6) is 0. The Morgan fingerprint density at radius 3 is 2.42 bits per heavy atom. The van der Waals surface area contributed by atoms with E-state index in [1.165, 1.54) is 5.56 Å². The van der Waals surface area contributed by atoms with Gasteiger partial charge < -0.3 is 0 Å². The summed E-state index contributed by atoms with van der Waals surface area (Å²) in [5, 5.41) is 0. The fourth-order valence-electron chi connectivity index (χ4n) is 3.22. The molecule has 1 aliphatic carbocycles. The fourth-order valence-corrected chi connectivity index (χ4v) is 4.47. The van der Waals surface area contributed by atoms with Crippen molar-refractivity contribution >= 4 is 10.0 Å². The second-order valence-corrected chi connectivity index (χ2v) is 8.89. The molecule has 0 radical (unpaired) electrons. The van der Waals surface area contributed by atoms with Crippen LogP contribution in [0, 0.1) is 0 Å². The van der Waals surface area contributed by atoms with Crippen molar-refractivity contribution in [2.45, 2.75) is 56.4 Å². The molecule has 2 aromatic rings. The molecule has 0 aromatic heterocycles. The summed E-state index contributed by atoms with van der Waals surface area (Å²) in [6, 6.07) is 15.2. The van der Waals surface area contributed by atoms with Crippen molar-refractivity contribution in [3.05, 3.63) is 65.2 Å². The molecule has 0 amide bonds. The molecule has 128 valence electrons. The number of aryl methyl sites for hydroxylation is 1. The number of hydrogen-bond acceptors (Lipinski definition) is 2. The van der Waals surface area contributed by atoms with Crippen molar-refractivity contribution in [1.29, 1.82) is 0 Å². The highest BCUT2D eigenvalue weighted by molar-refractivity contribution is 7.89. The van der Waals surface area contributed by atoms with Gasteiger partial charge >= 0.3 is 0 Å². The molecular formula is C20H25NO2S. The van der Waals surface area contributed by atoms with E-state index < -0.39 is 10.0 Å². The van der Waals surface area contributed by atoms with E-state index in [0.717, 1.165) is 30.4 Å². The third-order valence-corrected chi connectivity index (χ3v) is 6.75. The lowest BCUT2D eigenvalue weighted by molar-refractivity contribution is 0.505. The normalized spacial score (nSPS) is 17.7. The molecule has 0 saturated heterocycles. The van der Waals surface area contributed by atoms with E-state index in [4.69, 9.17) is 0 Å². The predicted octanol–water partition coefficient (Wildman–Crippen LogP) is 4.34. The van der Waals surface area contributed by atoms with Gasteiger partial charge in [-0.2, -0.15) is 0 Å². The molecule has 0 aliphatic heterocycles. The van der Waals surface area contributed by atoms with E-state index in [1.54, 1.807) is 12.1 Å². The Balaban J connectivity index is 1.82. The van der Waals surface area contributed by atoms with Crippen LogP contribution in [0.25, 0.3) is 0 Å². The number of benzene rings is 2. The largest absolute Gasteiger partial charge is 0.241 e. The Bertz CT molecular complexity index is 823. The summed E-state index contributed by atoms with van der Waals surface area (Å²) in [5.41, 5.74) is 3.56. The van der Waals surface area contributed by atoms with Crippen LogP contribution in [-0.2, 0) is 21.9 Å².